The van der Waals surface area contributed by atoms with Crippen LogP contribution in [0.4, 0.5) is 13.2 Å². The van der Waals surface area contributed by atoms with Crippen molar-refractivity contribution in [2.45, 2.75) is 78.2 Å². The highest BCUT2D eigenvalue weighted by molar-refractivity contribution is 5.75. The first kappa shape index (κ1) is 25.0. The molecule has 0 atom stereocenters. The summed E-state index contributed by atoms with van der Waals surface area (Å²) in [6.07, 6.45) is 7.35. The van der Waals surface area contributed by atoms with Crippen LogP contribution in [0.1, 0.15) is 65.7 Å². The quantitative estimate of drug-likeness (QED) is 0.403. The van der Waals surface area contributed by atoms with Crippen molar-refractivity contribution in [2.75, 3.05) is 19.8 Å². The van der Waals surface area contributed by atoms with Crippen LogP contribution in [0.2, 0.25) is 0 Å². The molecular formula is C21H35F3O4. The van der Waals surface area contributed by atoms with Gasteiger partial charge < -0.3 is 14.2 Å². The van der Waals surface area contributed by atoms with Gasteiger partial charge in [-0.1, -0.05) is 52.2 Å². The van der Waals surface area contributed by atoms with Crippen molar-refractivity contribution in [3.8, 4) is 0 Å². The van der Waals surface area contributed by atoms with Gasteiger partial charge in [-0.25, -0.2) is 4.79 Å². The van der Waals surface area contributed by atoms with E-state index in [0.717, 1.165) is 5.92 Å². The number of rotatable bonds is 7. The molecule has 164 valence electrons. The average molecular weight is 409 g/mol. The summed E-state index contributed by atoms with van der Waals surface area (Å²) in [5.41, 5.74) is 0. The van der Waals surface area contributed by atoms with E-state index in [-0.39, 0.29) is 5.92 Å². The van der Waals surface area contributed by atoms with Crippen molar-refractivity contribution in [1.29, 1.82) is 0 Å². The van der Waals surface area contributed by atoms with E-state index in [2.05, 4.69) is 23.8 Å². The minimum Gasteiger partial charge on any atom is -0.454 e. The van der Waals surface area contributed by atoms with Crippen molar-refractivity contribution in [1.82, 2.24) is 0 Å². The number of esters is 1. The fraction of sp³-hybridized carbons (Fsp3) is 0.857. The monoisotopic (exact) mass is 408 g/mol. The summed E-state index contributed by atoms with van der Waals surface area (Å²) in [6.45, 7) is 6.40. The topological polar surface area (TPSA) is 44.8 Å². The molecule has 2 fully saturated rings. The fourth-order valence-electron chi connectivity index (χ4n) is 3.47. The van der Waals surface area contributed by atoms with Gasteiger partial charge in [0.2, 0.25) is 0 Å². The van der Waals surface area contributed by atoms with Crippen molar-refractivity contribution < 1.29 is 32.2 Å². The van der Waals surface area contributed by atoms with E-state index in [4.69, 9.17) is 9.47 Å². The number of carbonyl (C=O) groups excluding carboxylic acids is 1. The molecule has 0 N–H and O–H groups in total. The van der Waals surface area contributed by atoms with E-state index < -0.39 is 25.0 Å². The summed E-state index contributed by atoms with van der Waals surface area (Å²) >= 11 is 0. The zero-order valence-electron chi connectivity index (χ0n) is 17.3. The van der Waals surface area contributed by atoms with E-state index in [1.807, 2.05) is 13.8 Å². The van der Waals surface area contributed by atoms with Gasteiger partial charge >= 0.3 is 12.1 Å². The number of allylic oxidation sites excluding steroid dienone is 1. The average Bonchev–Trinajstić information content (AvgIpc) is 2.71. The Morgan fingerprint density at radius 1 is 1.04 bits per heavy atom. The molecule has 0 spiro atoms. The number of hydrogen-bond donors (Lipinski definition) is 0. The molecule has 1 heterocycles. The van der Waals surface area contributed by atoms with Crippen molar-refractivity contribution in [3.05, 3.63) is 12.2 Å². The van der Waals surface area contributed by atoms with Gasteiger partial charge in [-0.15, -0.1) is 0 Å². The second-order valence-corrected chi connectivity index (χ2v) is 7.26. The first-order chi connectivity index (χ1) is 13.4. The molecule has 28 heavy (non-hydrogen) atoms. The molecule has 0 aromatic carbocycles. The molecule has 1 aliphatic carbocycles. The van der Waals surface area contributed by atoms with Crippen LogP contribution >= 0.6 is 0 Å². The van der Waals surface area contributed by atoms with Gasteiger partial charge in [0, 0.05) is 5.92 Å². The first-order valence-corrected chi connectivity index (χ1v) is 10.5. The number of halogens is 3. The third-order valence-electron chi connectivity index (χ3n) is 5.09. The van der Waals surface area contributed by atoms with Gasteiger partial charge in [-0.3, -0.25) is 0 Å². The zero-order valence-corrected chi connectivity index (χ0v) is 17.3. The standard InChI is InChI=1S/C19H29F3O4.C2H6/c1-2-3-4-14-5-7-15(8-6-14)9-10-16-11-24-17(25-12-16)13-26-18(23)19(20,21)22;1-2/h9-10,14-17H,2-8,11-13H2,1H3;1-2H3/b10-9+;. The highest BCUT2D eigenvalue weighted by atomic mass is 19.4. The van der Waals surface area contributed by atoms with E-state index in [1.165, 1.54) is 44.9 Å². The number of ether oxygens (including phenoxy) is 3. The van der Waals surface area contributed by atoms with Crippen LogP contribution in [0.5, 0.6) is 0 Å². The lowest BCUT2D eigenvalue weighted by molar-refractivity contribution is -0.232. The summed E-state index contributed by atoms with van der Waals surface area (Å²) in [4.78, 5) is 10.7. The Bertz CT molecular complexity index is 449. The SMILES string of the molecule is CC.CCCCC1CCC(/C=C/C2COC(COC(=O)C(F)(F)F)OC2)CC1. The molecule has 1 aliphatic heterocycles. The van der Waals surface area contributed by atoms with E-state index in [9.17, 15) is 18.0 Å². The molecule has 0 bridgehead atoms. The summed E-state index contributed by atoms with van der Waals surface area (Å²) in [5.74, 6) is -0.664. The molecule has 2 rings (SSSR count). The Morgan fingerprint density at radius 3 is 2.14 bits per heavy atom. The van der Waals surface area contributed by atoms with Crippen LogP contribution < -0.4 is 0 Å². The number of alkyl halides is 3. The molecule has 1 saturated carbocycles. The van der Waals surface area contributed by atoms with E-state index in [0.29, 0.717) is 19.1 Å². The van der Waals surface area contributed by atoms with Gasteiger partial charge in [0.15, 0.2) is 6.29 Å². The summed E-state index contributed by atoms with van der Waals surface area (Å²) < 4.78 is 51.0. The van der Waals surface area contributed by atoms with Gasteiger partial charge in [0.1, 0.15) is 6.61 Å². The number of unbranched alkanes of at least 4 members (excludes halogenated alkanes) is 1. The van der Waals surface area contributed by atoms with Gasteiger partial charge in [0.05, 0.1) is 13.2 Å². The molecule has 0 amide bonds. The van der Waals surface area contributed by atoms with Crippen molar-refractivity contribution in [2.24, 2.45) is 17.8 Å². The van der Waals surface area contributed by atoms with Crippen LogP contribution in [-0.4, -0.2) is 38.3 Å². The second kappa shape index (κ2) is 13.2. The molecule has 0 aromatic heterocycles. The van der Waals surface area contributed by atoms with Crippen LogP contribution in [0.25, 0.3) is 0 Å². The van der Waals surface area contributed by atoms with Crippen molar-refractivity contribution in [3.63, 3.8) is 0 Å². The Kier molecular flexibility index (Phi) is 11.8. The van der Waals surface area contributed by atoms with E-state index >= 15 is 0 Å². The van der Waals surface area contributed by atoms with Crippen LogP contribution in [0.3, 0.4) is 0 Å². The maximum atomic E-state index is 12.1. The van der Waals surface area contributed by atoms with Crippen molar-refractivity contribution >= 4 is 5.97 Å². The third kappa shape index (κ3) is 9.41. The predicted octanol–water partition coefficient (Wildman–Crippen LogP) is 5.66. The van der Waals surface area contributed by atoms with Gasteiger partial charge in [-0.2, -0.15) is 13.2 Å². The second-order valence-electron chi connectivity index (χ2n) is 7.26. The number of hydrogen-bond acceptors (Lipinski definition) is 4. The smallest absolute Gasteiger partial charge is 0.454 e. The Hall–Kier alpha value is -1.08. The Morgan fingerprint density at radius 2 is 1.61 bits per heavy atom. The molecule has 1 saturated heterocycles. The van der Waals surface area contributed by atoms with Gasteiger partial charge in [0.25, 0.3) is 0 Å². The highest BCUT2D eigenvalue weighted by Gasteiger charge is 2.41. The van der Waals surface area contributed by atoms with Gasteiger partial charge in [-0.05, 0) is 37.5 Å². The van der Waals surface area contributed by atoms with Crippen LogP contribution in [0.15, 0.2) is 12.2 Å². The molecule has 0 unspecified atom stereocenters. The van der Waals surface area contributed by atoms with Crippen LogP contribution in [-0.2, 0) is 19.0 Å². The highest BCUT2D eigenvalue weighted by Crippen LogP contribution is 2.32. The third-order valence-corrected chi connectivity index (χ3v) is 5.09. The molecule has 0 radical (unpaired) electrons. The Labute approximate surface area is 166 Å². The van der Waals surface area contributed by atoms with E-state index in [1.54, 1.807) is 0 Å². The molecule has 7 heteroatoms. The lowest BCUT2D eigenvalue weighted by atomic mass is 9.79. The maximum Gasteiger partial charge on any atom is 0.490 e. The Balaban J connectivity index is 0.00000190. The number of carbonyl (C=O) groups is 1. The largest absolute Gasteiger partial charge is 0.490 e. The fourth-order valence-corrected chi connectivity index (χ4v) is 3.47. The minimum absolute atomic E-state index is 0.0855. The zero-order chi connectivity index (χ0) is 21.0. The lowest BCUT2D eigenvalue weighted by Crippen LogP contribution is -2.37. The normalized spacial score (nSPS) is 28.5. The molecule has 4 nitrogen and oxygen atoms in total. The summed E-state index contributed by atoms with van der Waals surface area (Å²) in [6, 6.07) is 0. The van der Waals surface area contributed by atoms with Crippen LogP contribution in [0, 0.1) is 17.8 Å². The summed E-state index contributed by atoms with van der Waals surface area (Å²) in [5, 5.41) is 0. The lowest BCUT2D eigenvalue weighted by Gasteiger charge is -2.29. The molecular weight excluding hydrogens is 373 g/mol. The maximum absolute atomic E-state index is 12.1. The first-order valence-electron chi connectivity index (χ1n) is 10.5. The molecule has 2 aliphatic rings. The minimum atomic E-state index is -4.99. The molecule has 0 aromatic rings. The summed E-state index contributed by atoms with van der Waals surface area (Å²) in [7, 11) is 0. The predicted molar refractivity (Wildman–Crippen MR) is 102 cm³/mol.